The van der Waals surface area contributed by atoms with Crippen LogP contribution in [0.1, 0.15) is 0 Å². The van der Waals surface area contributed by atoms with Gasteiger partial charge < -0.3 is 5.73 Å². The lowest BCUT2D eigenvalue weighted by molar-refractivity contribution is -0.868. The maximum Gasteiger partial charge on any atom is 0.473 e. The van der Waals surface area contributed by atoms with Gasteiger partial charge in [-0.1, -0.05) is 24.3 Å². The van der Waals surface area contributed by atoms with E-state index in [0.717, 1.165) is 0 Å². The highest BCUT2D eigenvalue weighted by molar-refractivity contribution is 5.80. The van der Waals surface area contributed by atoms with Crippen molar-refractivity contribution in [3.63, 3.8) is 0 Å². The highest BCUT2D eigenvalue weighted by atomic mass is 16.7. The first-order valence-electron chi connectivity index (χ1n) is 4.80. The van der Waals surface area contributed by atoms with Gasteiger partial charge in [0.1, 0.15) is 0 Å². The molecule has 0 bridgehead atoms. The van der Waals surface area contributed by atoms with E-state index in [9.17, 15) is 4.79 Å². The number of aromatic nitrogens is 1. The van der Waals surface area contributed by atoms with Crippen LogP contribution in [0.15, 0.2) is 54.9 Å². The fourth-order valence-corrected chi connectivity index (χ4v) is 1.22. The molecule has 0 spiro atoms. The minimum absolute atomic E-state index is 0.823. The molecule has 0 aliphatic heterocycles. The van der Waals surface area contributed by atoms with E-state index in [-0.39, 0.29) is 0 Å². The minimum Gasteiger partial charge on any atom is -0.330 e. The number of pyridine rings is 1. The van der Waals surface area contributed by atoms with Gasteiger partial charge in [0, 0.05) is 16.9 Å². The predicted molar refractivity (Wildman–Crippen MR) is 58.2 cm³/mol. The first-order valence-corrected chi connectivity index (χ1v) is 4.80. The summed E-state index contributed by atoms with van der Waals surface area (Å²) < 4.78 is 1.22. The second-order valence-corrected chi connectivity index (χ2v) is 3.23. The Hall–Kier alpha value is -2.36. The van der Waals surface area contributed by atoms with E-state index in [4.69, 9.17) is 5.73 Å². The van der Waals surface area contributed by atoms with E-state index < -0.39 is 6.09 Å². The molecule has 1 aromatic rings. The molecule has 0 radical (unpaired) electrons. The molecular formula is C12H11N2O2+. The molecule has 4 nitrogen and oxygen atoms in total. The van der Waals surface area contributed by atoms with E-state index in [0.29, 0.717) is 0 Å². The van der Waals surface area contributed by atoms with Gasteiger partial charge in [-0.05, 0) is 17.2 Å². The zero-order valence-corrected chi connectivity index (χ0v) is 8.54. The molecule has 4 heteroatoms. The van der Waals surface area contributed by atoms with Crippen LogP contribution in [0.25, 0.3) is 11.1 Å². The van der Waals surface area contributed by atoms with Crippen molar-refractivity contribution < 1.29 is 14.4 Å². The number of hydrogen-bond donors (Lipinski definition) is 1. The van der Waals surface area contributed by atoms with E-state index in [1.165, 1.54) is 15.9 Å². The van der Waals surface area contributed by atoms with Crippen LogP contribution in [0.3, 0.4) is 0 Å². The maximum atomic E-state index is 10.1. The van der Waals surface area contributed by atoms with Gasteiger partial charge in [0.15, 0.2) is 0 Å². The van der Waals surface area contributed by atoms with Crippen LogP contribution in [0.2, 0.25) is 0 Å². The summed E-state index contributed by atoms with van der Waals surface area (Å²) in [5.41, 5.74) is 7.59. The quantitative estimate of drug-likeness (QED) is 0.619. The van der Waals surface area contributed by atoms with E-state index in [1.807, 2.05) is 0 Å². The molecule has 2 aliphatic carbocycles. The topological polar surface area (TPSA) is 56.2 Å². The third-order valence-corrected chi connectivity index (χ3v) is 2.00. The normalized spacial score (nSPS) is 9.75. The molecule has 1 aromatic heterocycles. The van der Waals surface area contributed by atoms with Gasteiger partial charge in [0.2, 0.25) is 12.4 Å². The van der Waals surface area contributed by atoms with Gasteiger partial charge >= 0.3 is 6.09 Å². The Bertz CT molecular complexity index is 480. The minimum atomic E-state index is -0.823. The van der Waals surface area contributed by atoms with Crippen LogP contribution in [0, 0.1) is 0 Å². The van der Waals surface area contributed by atoms with E-state index >= 15 is 0 Å². The second-order valence-electron chi connectivity index (χ2n) is 3.23. The first kappa shape index (κ1) is 10.2. The number of benzene rings is 1. The average Bonchev–Trinajstić information content (AvgIpc) is 2.87. The Morgan fingerprint density at radius 1 is 1.06 bits per heavy atom. The molecule has 1 heterocycles. The summed E-state index contributed by atoms with van der Waals surface area (Å²) in [6, 6.07) is 13.7. The molecule has 0 unspecified atom stereocenters. The summed E-state index contributed by atoms with van der Waals surface area (Å²) in [4.78, 5) is 14.6. The Balaban J connectivity index is 0.000000134. The molecule has 0 atom stereocenters. The Morgan fingerprint density at radius 3 is 2.06 bits per heavy atom. The molecule has 80 valence electrons. The smallest absolute Gasteiger partial charge is 0.330 e. The maximum absolute atomic E-state index is 10.1. The van der Waals surface area contributed by atoms with Gasteiger partial charge in [-0.3, -0.25) is 0 Å². The second kappa shape index (κ2) is 4.44. The average molecular weight is 215 g/mol. The van der Waals surface area contributed by atoms with Crippen molar-refractivity contribution in [1.82, 2.24) is 0 Å². The van der Waals surface area contributed by atoms with Crippen molar-refractivity contribution in [1.29, 1.82) is 0 Å². The fourth-order valence-electron chi connectivity index (χ4n) is 1.22. The molecular weight excluding hydrogens is 204 g/mol. The zero-order chi connectivity index (χ0) is 11.4. The highest BCUT2D eigenvalue weighted by Gasteiger charge is 2.07. The van der Waals surface area contributed by atoms with Crippen molar-refractivity contribution in [2.75, 3.05) is 0 Å². The molecule has 2 aliphatic rings. The standard InChI is InChI=1S/C6H6N2O2.C6H4/c7-6(9)10-8-4-2-1-3-5-8;1-2-5-4-6(5)3-1/h1-5H,(H-,7,9);1-4H/p+1. The van der Waals surface area contributed by atoms with Crippen molar-refractivity contribution in [2.24, 2.45) is 5.73 Å². The lowest BCUT2D eigenvalue weighted by Crippen LogP contribution is -2.47. The van der Waals surface area contributed by atoms with Crippen LogP contribution in [0.5, 0.6) is 0 Å². The lowest BCUT2D eigenvalue weighted by atomic mass is 10.5. The lowest BCUT2D eigenvalue weighted by Gasteiger charge is -1.87. The summed E-state index contributed by atoms with van der Waals surface area (Å²) in [5.74, 6) is 0. The first-order chi connectivity index (χ1) is 7.75. The van der Waals surface area contributed by atoms with E-state index in [2.05, 4.69) is 29.1 Å². The molecule has 2 N–H and O–H groups in total. The summed E-state index contributed by atoms with van der Waals surface area (Å²) in [6.07, 6.45) is 2.33. The number of nitrogens with zero attached hydrogens (tertiary/aromatic N) is 1. The molecule has 16 heavy (non-hydrogen) atoms. The third kappa shape index (κ3) is 2.81. The molecule has 1 amide bonds. The Morgan fingerprint density at radius 2 is 1.69 bits per heavy atom. The molecule has 0 fully saturated rings. The number of amides is 1. The van der Waals surface area contributed by atoms with Gasteiger partial charge in [-0.15, -0.1) is 0 Å². The van der Waals surface area contributed by atoms with Gasteiger partial charge in [0.25, 0.3) is 0 Å². The van der Waals surface area contributed by atoms with Crippen LogP contribution >= 0.6 is 0 Å². The SMILES string of the molecule is NC(=O)O[n+]1ccccc1.c1cc2cc-2c1. The van der Waals surface area contributed by atoms with Crippen molar-refractivity contribution in [3.8, 4) is 11.1 Å². The fraction of sp³-hybridized carbons (Fsp3) is 0. The summed E-state index contributed by atoms with van der Waals surface area (Å²) in [6.45, 7) is 0. The zero-order valence-electron chi connectivity index (χ0n) is 8.54. The van der Waals surface area contributed by atoms with Crippen molar-refractivity contribution >= 4 is 6.09 Å². The largest absolute Gasteiger partial charge is 0.473 e. The van der Waals surface area contributed by atoms with Crippen LogP contribution in [-0.2, 0) is 0 Å². The number of rotatable bonds is 1. The number of carbonyl (C=O) groups is 1. The predicted octanol–water partition coefficient (Wildman–Crippen LogP) is 1.15. The Kier molecular flexibility index (Phi) is 2.82. The molecule has 0 saturated carbocycles. The summed E-state index contributed by atoms with van der Waals surface area (Å²) in [5, 5.41) is 0. The number of primary amides is 1. The summed E-state index contributed by atoms with van der Waals surface area (Å²) >= 11 is 0. The van der Waals surface area contributed by atoms with Crippen molar-refractivity contribution in [2.45, 2.75) is 0 Å². The number of hydrogen-bond acceptors (Lipinski definition) is 2. The Labute approximate surface area is 92.9 Å². The molecule has 3 rings (SSSR count). The van der Waals surface area contributed by atoms with Gasteiger partial charge in [0.05, 0.1) is 0 Å². The van der Waals surface area contributed by atoms with Crippen LogP contribution in [0.4, 0.5) is 4.79 Å². The highest BCUT2D eigenvalue weighted by Crippen LogP contribution is 2.32. The molecule has 0 saturated heterocycles. The molecule has 0 aromatic carbocycles. The summed E-state index contributed by atoms with van der Waals surface area (Å²) in [7, 11) is 0. The van der Waals surface area contributed by atoms with Gasteiger partial charge in [-0.25, -0.2) is 4.79 Å². The third-order valence-electron chi connectivity index (χ3n) is 2.00. The number of nitrogens with two attached hydrogens (primary N) is 1. The van der Waals surface area contributed by atoms with E-state index in [1.54, 1.807) is 30.6 Å². The van der Waals surface area contributed by atoms with Crippen molar-refractivity contribution in [3.05, 3.63) is 54.9 Å². The van der Waals surface area contributed by atoms with Crippen LogP contribution in [-0.4, -0.2) is 6.09 Å². The number of carbonyl (C=O) groups excluding carboxylic acids is 1. The van der Waals surface area contributed by atoms with Gasteiger partial charge in [-0.2, -0.15) is 4.84 Å². The monoisotopic (exact) mass is 215 g/mol. The number of fused-ring (bicyclic) bond motifs is 1. The van der Waals surface area contributed by atoms with Crippen LogP contribution < -0.4 is 15.3 Å².